The van der Waals surface area contributed by atoms with Gasteiger partial charge in [0.25, 0.3) is 0 Å². The Bertz CT molecular complexity index is 554. The van der Waals surface area contributed by atoms with Crippen LogP contribution in [0, 0.1) is 0 Å². The van der Waals surface area contributed by atoms with Gasteiger partial charge in [0.2, 0.25) is 5.91 Å². The summed E-state index contributed by atoms with van der Waals surface area (Å²) in [4.78, 5) is 12.3. The Hall–Kier alpha value is -0.910. The van der Waals surface area contributed by atoms with Gasteiger partial charge in [0, 0.05) is 0 Å². The average molecular weight is 568 g/mol. The number of aliphatic hydroxyl groups excluding tert-OH is 3. The minimum atomic E-state index is -0.921. The van der Waals surface area contributed by atoms with Gasteiger partial charge in [-0.3, -0.25) is 4.79 Å². The van der Waals surface area contributed by atoms with E-state index in [1.165, 1.54) is 128 Å². The van der Waals surface area contributed by atoms with Crippen LogP contribution in [0.15, 0.2) is 12.2 Å². The predicted molar refractivity (Wildman–Crippen MR) is 172 cm³/mol. The summed E-state index contributed by atoms with van der Waals surface area (Å²) in [5.74, 6) is -0.316. The molecule has 5 nitrogen and oxygen atoms in total. The third kappa shape index (κ3) is 27.3. The molecule has 0 fully saturated rings. The lowest BCUT2D eigenvalue weighted by Crippen LogP contribution is -2.45. The number of aliphatic hydroxyl groups is 3. The van der Waals surface area contributed by atoms with E-state index in [0.29, 0.717) is 6.42 Å². The monoisotopic (exact) mass is 568 g/mol. The largest absolute Gasteiger partial charge is 0.394 e. The fourth-order valence-corrected chi connectivity index (χ4v) is 5.34. The summed E-state index contributed by atoms with van der Waals surface area (Å²) < 4.78 is 0. The number of nitrogens with one attached hydrogen (secondary N) is 1. The minimum absolute atomic E-state index is 0.0176. The number of rotatable bonds is 31. The summed E-state index contributed by atoms with van der Waals surface area (Å²) >= 11 is 0. The van der Waals surface area contributed by atoms with Crippen LogP contribution in [-0.4, -0.2) is 46.1 Å². The normalized spacial score (nSPS) is 14.0. The molecular formula is C35H69NO4. The molecule has 0 spiro atoms. The summed E-state index contributed by atoms with van der Waals surface area (Å²) in [6.45, 7) is 4.18. The number of carbonyl (C=O) groups excluding carboxylic acids is 1. The van der Waals surface area contributed by atoms with E-state index in [2.05, 4.69) is 19.2 Å². The molecule has 238 valence electrons. The van der Waals surface area contributed by atoms with Crippen LogP contribution in [0.25, 0.3) is 0 Å². The highest BCUT2D eigenvalue weighted by Gasteiger charge is 2.20. The van der Waals surface area contributed by atoms with Gasteiger partial charge < -0.3 is 20.6 Å². The summed E-state index contributed by atoms with van der Waals surface area (Å²) in [6.07, 6.45) is 33.3. The highest BCUT2D eigenvalue weighted by molar-refractivity contribution is 5.76. The van der Waals surface area contributed by atoms with Crippen LogP contribution in [0.3, 0.4) is 0 Å². The van der Waals surface area contributed by atoms with Crippen LogP contribution in [0.1, 0.15) is 181 Å². The van der Waals surface area contributed by atoms with Crippen molar-refractivity contribution >= 4 is 5.91 Å². The van der Waals surface area contributed by atoms with Gasteiger partial charge in [-0.25, -0.2) is 0 Å². The molecule has 0 heterocycles. The first kappa shape index (κ1) is 39.1. The molecule has 0 aromatic heterocycles. The van der Waals surface area contributed by atoms with Crippen molar-refractivity contribution in [3.05, 3.63) is 12.2 Å². The van der Waals surface area contributed by atoms with E-state index in [1.54, 1.807) is 6.08 Å². The Labute approximate surface area is 249 Å². The molecule has 0 saturated heterocycles. The quantitative estimate of drug-likeness (QED) is 0.0497. The van der Waals surface area contributed by atoms with Crippen molar-refractivity contribution in [3.8, 4) is 0 Å². The smallest absolute Gasteiger partial charge is 0.222 e. The first-order chi connectivity index (χ1) is 19.5. The number of allylic oxidation sites excluding steroid dienone is 1. The van der Waals surface area contributed by atoms with Crippen molar-refractivity contribution in [1.29, 1.82) is 0 Å². The number of hydrogen-bond acceptors (Lipinski definition) is 4. The SMILES string of the molecule is CCCCCCCCCCCCC/C=C/C(O)C(CO)NC(=O)CC(O)CCCCCCCCCCCCCC. The van der Waals surface area contributed by atoms with E-state index in [-0.39, 0.29) is 18.9 Å². The van der Waals surface area contributed by atoms with Crippen molar-refractivity contribution in [3.63, 3.8) is 0 Å². The second-order valence-electron chi connectivity index (χ2n) is 12.1. The van der Waals surface area contributed by atoms with E-state index in [1.807, 2.05) is 6.08 Å². The number of hydrogen-bond donors (Lipinski definition) is 4. The summed E-state index contributed by atoms with van der Waals surface area (Å²) in [6, 6.07) is -0.736. The highest BCUT2D eigenvalue weighted by atomic mass is 16.3. The van der Waals surface area contributed by atoms with Crippen LogP contribution in [0.4, 0.5) is 0 Å². The minimum Gasteiger partial charge on any atom is -0.394 e. The van der Waals surface area contributed by atoms with Crippen molar-refractivity contribution in [2.75, 3.05) is 6.61 Å². The van der Waals surface area contributed by atoms with Gasteiger partial charge in [0.05, 0.1) is 31.3 Å². The fraction of sp³-hybridized carbons (Fsp3) is 0.914. The molecule has 1 amide bonds. The Morgan fingerprint density at radius 2 is 1.02 bits per heavy atom. The molecule has 3 atom stereocenters. The zero-order valence-corrected chi connectivity index (χ0v) is 26.7. The standard InChI is InChI=1S/C35H69NO4/c1-3-5-7-9-11-13-15-17-19-21-23-25-27-29-34(39)33(31-37)36-35(40)30-32(38)28-26-24-22-20-18-16-14-12-10-8-6-4-2/h27,29,32-34,37-39H,3-26,28,30-31H2,1-2H3,(H,36,40)/b29-27+. The predicted octanol–water partition coefficient (Wildman–Crippen LogP) is 8.92. The number of unbranched alkanes of at least 4 members (excludes halogenated alkanes) is 22. The highest BCUT2D eigenvalue weighted by Crippen LogP contribution is 2.14. The number of amides is 1. The molecule has 0 aromatic carbocycles. The van der Waals surface area contributed by atoms with Crippen LogP contribution >= 0.6 is 0 Å². The van der Waals surface area contributed by atoms with Crippen molar-refractivity contribution in [1.82, 2.24) is 5.32 Å². The second kappa shape index (κ2) is 31.0. The van der Waals surface area contributed by atoms with Gasteiger partial charge in [-0.2, -0.15) is 0 Å². The van der Waals surface area contributed by atoms with E-state index in [4.69, 9.17) is 0 Å². The lowest BCUT2D eigenvalue weighted by atomic mass is 10.0. The maximum atomic E-state index is 12.3. The molecular weight excluding hydrogens is 498 g/mol. The topological polar surface area (TPSA) is 89.8 Å². The Kier molecular flexibility index (Phi) is 30.3. The number of carbonyl (C=O) groups is 1. The Morgan fingerprint density at radius 3 is 1.45 bits per heavy atom. The van der Waals surface area contributed by atoms with Crippen LogP contribution < -0.4 is 5.32 Å². The van der Waals surface area contributed by atoms with E-state index in [9.17, 15) is 20.1 Å². The molecule has 0 radical (unpaired) electrons. The van der Waals surface area contributed by atoms with Gasteiger partial charge >= 0.3 is 0 Å². The Morgan fingerprint density at radius 1 is 0.625 bits per heavy atom. The van der Waals surface area contributed by atoms with E-state index < -0.39 is 18.2 Å². The molecule has 3 unspecified atom stereocenters. The maximum Gasteiger partial charge on any atom is 0.222 e. The van der Waals surface area contributed by atoms with Gasteiger partial charge in [0.15, 0.2) is 0 Å². The molecule has 0 aliphatic rings. The molecule has 0 saturated carbocycles. The zero-order valence-electron chi connectivity index (χ0n) is 26.7. The first-order valence-corrected chi connectivity index (χ1v) is 17.5. The molecule has 0 aromatic rings. The molecule has 0 aliphatic carbocycles. The molecule has 0 aliphatic heterocycles. The van der Waals surface area contributed by atoms with Gasteiger partial charge in [-0.15, -0.1) is 0 Å². The molecule has 40 heavy (non-hydrogen) atoms. The van der Waals surface area contributed by atoms with E-state index >= 15 is 0 Å². The second-order valence-corrected chi connectivity index (χ2v) is 12.1. The summed E-state index contributed by atoms with van der Waals surface area (Å²) in [5, 5.41) is 32.9. The molecule has 4 N–H and O–H groups in total. The summed E-state index contributed by atoms with van der Waals surface area (Å²) in [5.41, 5.74) is 0. The van der Waals surface area contributed by atoms with Gasteiger partial charge in [-0.05, 0) is 19.3 Å². The third-order valence-electron chi connectivity index (χ3n) is 8.07. The third-order valence-corrected chi connectivity index (χ3v) is 8.07. The van der Waals surface area contributed by atoms with Crippen molar-refractivity contribution in [2.24, 2.45) is 0 Å². The summed E-state index contributed by atoms with van der Waals surface area (Å²) in [7, 11) is 0. The van der Waals surface area contributed by atoms with Gasteiger partial charge in [0.1, 0.15) is 0 Å². The van der Waals surface area contributed by atoms with Crippen LogP contribution in [0.2, 0.25) is 0 Å². The zero-order chi connectivity index (χ0) is 29.5. The van der Waals surface area contributed by atoms with Crippen LogP contribution in [0.5, 0.6) is 0 Å². The maximum absolute atomic E-state index is 12.3. The fourth-order valence-electron chi connectivity index (χ4n) is 5.34. The van der Waals surface area contributed by atoms with E-state index in [0.717, 1.165) is 25.7 Å². The van der Waals surface area contributed by atoms with Crippen molar-refractivity contribution < 1.29 is 20.1 Å². The molecule has 0 bridgehead atoms. The lowest BCUT2D eigenvalue weighted by Gasteiger charge is -2.21. The Balaban J connectivity index is 3.75. The van der Waals surface area contributed by atoms with Crippen LogP contribution in [-0.2, 0) is 4.79 Å². The molecule has 0 rings (SSSR count). The van der Waals surface area contributed by atoms with Gasteiger partial charge in [-0.1, -0.05) is 167 Å². The average Bonchev–Trinajstić information content (AvgIpc) is 2.94. The lowest BCUT2D eigenvalue weighted by molar-refractivity contribution is -0.124. The molecule has 5 heteroatoms. The first-order valence-electron chi connectivity index (χ1n) is 17.5. The van der Waals surface area contributed by atoms with Crippen molar-refractivity contribution in [2.45, 2.75) is 199 Å².